The van der Waals surface area contributed by atoms with Crippen molar-refractivity contribution < 1.29 is 0 Å². The molecule has 0 fully saturated rings. The zero-order valence-corrected chi connectivity index (χ0v) is 34.7. The largest absolute Gasteiger partial charge is 0.309 e. The maximum atomic E-state index is 5.23. The van der Waals surface area contributed by atoms with Crippen molar-refractivity contribution in [2.45, 2.75) is 0 Å². The second-order valence-electron chi connectivity index (χ2n) is 16.0. The number of nitrogens with zero attached hydrogens (tertiary/aromatic N) is 5. The number of thiophene rings is 1. The Balaban J connectivity index is 0.925. The topological polar surface area (TPSA) is 48.5 Å². The molecule has 0 aliphatic rings. The van der Waals surface area contributed by atoms with Crippen LogP contribution in [-0.4, -0.2) is 24.1 Å². The molecule has 0 spiro atoms. The zero-order chi connectivity index (χ0) is 41.4. The third-order valence-electron chi connectivity index (χ3n) is 12.4. The fraction of sp³-hybridized carbons (Fsp3) is 0. The number of aromatic nitrogens is 5. The third kappa shape index (κ3) is 5.73. The summed E-state index contributed by atoms with van der Waals surface area (Å²) in [4.78, 5) is 15.2. The molecular weight excluding hydrogens is 787 g/mol. The van der Waals surface area contributed by atoms with Crippen LogP contribution in [0.1, 0.15) is 0 Å². The van der Waals surface area contributed by atoms with Gasteiger partial charge in [0.05, 0.1) is 43.7 Å². The molecule has 13 aromatic rings. The van der Waals surface area contributed by atoms with E-state index >= 15 is 0 Å². The highest BCUT2D eigenvalue weighted by Crippen LogP contribution is 2.41. The van der Waals surface area contributed by atoms with Crippen LogP contribution in [0.2, 0.25) is 0 Å². The number of benzene rings is 8. The highest BCUT2D eigenvalue weighted by molar-refractivity contribution is 7.26. The Kier molecular flexibility index (Phi) is 8.01. The van der Waals surface area contributed by atoms with Crippen LogP contribution in [-0.2, 0) is 0 Å². The fourth-order valence-electron chi connectivity index (χ4n) is 9.47. The lowest BCUT2D eigenvalue weighted by atomic mass is 10.0. The average Bonchev–Trinajstić information content (AvgIpc) is 4.02. The molecule has 0 atom stereocenters. The number of hydrogen-bond acceptors (Lipinski definition) is 4. The Morgan fingerprint density at radius 3 is 1.51 bits per heavy atom. The molecule has 13 rings (SSSR count). The monoisotopic (exact) mass is 821 g/mol. The number of fused-ring (bicyclic) bond motifs is 9. The van der Waals surface area contributed by atoms with E-state index in [0.717, 1.165) is 61.1 Å². The molecule has 0 bridgehead atoms. The first-order chi connectivity index (χ1) is 31.2. The summed E-state index contributed by atoms with van der Waals surface area (Å²) in [6.07, 6.45) is 1.94. The first-order valence-electron chi connectivity index (χ1n) is 21.2. The van der Waals surface area contributed by atoms with Gasteiger partial charge in [-0.2, -0.15) is 0 Å². The minimum absolute atomic E-state index is 0.644. The van der Waals surface area contributed by atoms with E-state index in [1.54, 1.807) is 0 Å². The number of pyridine rings is 1. The first kappa shape index (κ1) is 35.6. The van der Waals surface area contributed by atoms with Crippen molar-refractivity contribution in [3.05, 3.63) is 212 Å². The van der Waals surface area contributed by atoms with Crippen LogP contribution in [0.5, 0.6) is 0 Å². The van der Waals surface area contributed by atoms with Crippen molar-refractivity contribution in [3.8, 4) is 56.4 Å². The van der Waals surface area contributed by atoms with Crippen molar-refractivity contribution in [3.63, 3.8) is 0 Å². The highest BCUT2D eigenvalue weighted by Gasteiger charge is 2.19. The van der Waals surface area contributed by atoms with Gasteiger partial charge in [-0.3, -0.25) is 9.55 Å². The molecule has 294 valence electrons. The predicted molar refractivity (Wildman–Crippen MR) is 263 cm³/mol. The van der Waals surface area contributed by atoms with Crippen molar-refractivity contribution >= 4 is 75.3 Å². The highest BCUT2D eigenvalue weighted by atomic mass is 32.1. The van der Waals surface area contributed by atoms with E-state index in [1.807, 2.05) is 29.7 Å². The van der Waals surface area contributed by atoms with Crippen LogP contribution in [0.15, 0.2) is 212 Å². The second kappa shape index (κ2) is 14.2. The summed E-state index contributed by atoms with van der Waals surface area (Å²) in [5, 5.41) is 5.97. The molecule has 0 aliphatic heterocycles. The van der Waals surface area contributed by atoms with Gasteiger partial charge in [-0.25, -0.2) is 9.97 Å². The number of rotatable bonds is 6. The summed E-state index contributed by atoms with van der Waals surface area (Å²) in [7, 11) is 0. The van der Waals surface area contributed by atoms with Gasteiger partial charge in [0, 0.05) is 60.2 Å². The lowest BCUT2D eigenvalue weighted by molar-refractivity contribution is 0.995. The summed E-state index contributed by atoms with van der Waals surface area (Å²) in [5.74, 6) is 0.644. The molecule has 0 saturated carbocycles. The van der Waals surface area contributed by atoms with E-state index in [-0.39, 0.29) is 0 Å². The van der Waals surface area contributed by atoms with E-state index in [4.69, 9.17) is 15.0 Å². The summed E-state index contributed by atoms with van der Waals surface area (Å²) in [6.45, 7) is 0. The summed E-state index contributed by atoms with van der Waals surface area (Å²) in [5.41, 5.74) is 15.3. The van der Waals surface area contributed by atoms with E-state index < -0.39 is 0 Å². The van der Waals surface area contributed by atoms with Crippen molar-refractivity contribution in [1.29, 1.82) is 0 Å². The Morgan fingerprint density at radius 1 is 0.365 bits per heavy atom. The second-order valence-corrected chi connectivity index (χ2v) is 17.1. The van der Waals surface area contributed by atoms with Gasteiger partial charge in [0.2, 0.25) is 5.95 Å². The maximum Gasteiger partial charge on any atom is 0.235 e. The van der Waals surface area contributed by atoms with Crippen LogP contribution >= 0.6 is 11.3 Å². The van der Waals surface area contributed by atoms with Crippen LogP contribution in [0.25, 0.3) is 120 Å². The molecule has 5 aromatic heterocycles. The molecule has 63 heavy (non-hydrogen) atoms. The van der Waals surface area contributed by atoms with Crippen LogP contribution in [0.3, 0.4) is 0 Å². The van der Waals surface area contributed by atoms with E-state index in [1.165, 1.54) is 53.3 Å². The van der Waals surface area contributed by atoms with Gasteiger partial charge in [-0.1, -0.05) is 140 Å². The van der Waals surface area contributed by atoms with Crippen LogP contribution in [0, 0.1) is 0 Å². The summed E-state index contributed by atoms with van der Waals surface area (Å²) in [6, 6.07) is 73.5. The molecule has 6 heteroatoms. The zero-order valence-electron chi connectivity index (χ0n) is 33.9. The first-order valence-corrected chi connectivity index (χ1v) is 22.0. The van der Waals surface area contributed by atoms with E-state index in [2.05, 4.69) is 203 Å². The summed E-state index contributed by atoms with van der Waals surface area (Å²) < 4.78 is 7.10. The van der Waals surface area contributed by atoms with Crippen molar-refractivity contribution in [2.75, 3.05) is 0 Å². The molecule has 0 saturated heterocycles. The SMILES string of the molecule is c1ccc(-c2cc(-c3ccccc3)nc(-n3c4ccccc4c4cc(-c5ccc6c(c5)c5ccccc5n6-c5ccc(-c6ccnc7c6sc6ccccc67)cc5)ccc43)n2)cc1. The minimum atomic E-state index is 0.644. The average molecular weight is 822 g/mol. The normalized spacial score (nSPS) is 11.8. The summed E-state index contributed by atoms with van der Waals surface area (Å²) >= 11 is 1.81. The Bertz CT molecular complexity index is 3840. The van der Waals surface area contributed by atoms with Gasteiger partial charge < -0.3 is 4.57 Å². The number of para-hydroxylation sites is 2. The molecule has 0 radical (unpaired) electrons. The molecule has 5 heterocycles. The van der Waals surface area contributed by atoms with E-state index in [9.17, 15) is 0 Å². The Hall–Kier alpha value is -8.19. The molecule has 0 amide bonds. The van der Waals surface area contributed by atoms with Gasteiger partial charge in [0.15, 0.2) is 0 Å². The molecule has 0 aliphatic carbocycles. The lowest BCUT2D eigenvalue weighted by Crippen LogP contribution is -2.03. The predicted octanol–water partition coefficient (Wildman–Crippen LogP) is 15.1. The molecule has 0 unspecified atom stereocenters. The Morgan fingerprint density at radius 2 is 0.873 bits per heavy atom. The van der Waals surface area contributed by atoms with Gasteiger partial charge in [-0.05, 0) is 83.4 Å². The van der Waals surface area contributed by atoms with Gasteiger partial charge >= 0.3 is 0 Å². The van der Waals surface area contributed by atoms with Crippen LogP contribution < -0.4 is 0 Å². The van der Waals surface area contributed by atoms with Crippen molar-refractivity contribution in [1.82, 2.24) is 24.1 Å². The smallest absolute Gasteiger partial charge is 0.235 e. The van der Waals surface area contributed by atoms with Crippen LogP contribution in [0.4, 0.5) is 0 Å². The minimum Gasteiger partial charge on any atom is -0.309 e. The quantitative estimate of drug-likeness (QED) is 0.168. The molecule has 0 N–H and O–H groups in total. The molecule has 5 nitrogen and oxygen atoms in total. The Labute approximate surface area is 366 Å². The standard InChI is InChI=1S/C57H35N5S/c1-3-13-37(14-4-1)48-35-49(38-15-5-2-6-16-38)60-57(59-48)62-51-21-11-8-18-44(51)47-34-40(26-30-53(47)62)39-25-29-52-46(33-39)43-17-7-10-20-50(43)61(52)41-27-23-36(24-28-41)42-31-32-58-55-45-19-9-12-22-54(45)63-56(42)55/h1-35H. The third-order valence-corrected chi connectivity index (χ3v) is 13.6. The van der Waals surface area contributed by atoms with Gasteiger partial charge in [0.1, 0.15) is 0 Å². The van der Waals surface area contributed by atoms with E-state index in [0.29, 0.717) is 5.95 Å². The fourth-order valence-corrected chi connectivity index (χ4v) is 10.7. The number of hydrogen-bond donors (Lipinski definition) is 0. The lowest BCUT2D eigenvalue weighted by Gasteiger charge is -2.12. The van der Waals surface area contributed by atoms with Gasteiger partial charge in [0.25, 0.3) is 0 Å². The maximum absolute atomic E-state index is 5.23. The molecule has 8 aromatic carbocycles. The molecular formula is C57H35N5S. The van der Waals surface area contributed by atoms with Crippen molar-refractivity contribution in [2.24, 2.45) is 0 Å². The van der Waals surface area contributed by atoms with Gasteiger partial charge in [-0.15, -0.1) is 11.3 Å².